The summed E-state index contributed by atoms with van der Waals surface area (Å²) in [6, 6.07) is 7.52. The first-order valence-corrected chi connectivity index (χ1v) is 12.0. The van der Waals surface area contributed by atoms with Gasteiger partial charge in [0.25, 0.3) is 5.91 Å². The van der Waals surface area contributed by atoms with Crippen molar-refractivity contribution in [2.75, 3.05) is 45.8 Å². The van der Waals surface area contributed by atoms with Crippen LogP contribution >= 0.6 is 23.2 Å². The van der Waals surface area contributed by atoms with Crippen molar-refractivity contribution < 1.29 is 9.59 Å². The van der Waals surface area contributed by atoms with Crippen LogP contribution < -0.4 is 0 Å². The van der Waals surface area contributed by atoms with E-state index in [1.165, 1.54) is 6.42 Å². The summed E-state index contributed by atoms with van der Waals surface area (Å²) in [4.78, 5) is 31.7. The van der Waals surface area contributed by atoms with Crippen LogP contribution in [0, 0.1) is 6.92 Å². The fourth-order valence-corrected chi connectivity index (χ4v) is 4.90. The highest BCUT2D eigenvalue weighted by Crippen LogP contribution is 2.25. The molecule has 0 aliphatic carbocycles. The molecule has 2 fully saturated rings. The maximum Gasteiger partial charge on any atom is 0.258 e. The third-order valence-corrected chi connectivity index (χ3v) is 7.04. The molecule has 0 radical (unpaired) electrons. The van der Waals surface area contributed by atoms with Gasteiger partial charge in [0.1, 0.15) is 5.15 Å². The molecular formula is C23H29Cl2N5O2. The van der Waals surface area contributed by atoms with Gasteiger partial charge in [-0.1, -0.05) is 41.4 Å². The Morgan fingerprint density at radius 1 is 0.938 bits per heavy atom. The number of hydrogen-bond acceptors (Lipinski definition) is 4. The highest BCUT2D eigenvalue weighted by Gasteiger charge is 2.29. The van der Waals surface area contributed by atoms with E-state index in [1.807, 2.05) is 29.2 Å². The van der Waals surface area contributed by atoms with Crippen molar-refractivity contribution in [3.05, 3.63) is 51.3 Å². The van der Waals surface area contributed by atoms with E-state index in [0.717, 1.165) is 31.5 Å². The van der Waals surface area contributed by atoms with E-state index in [0.29, 0.717) is 60.7 Å². The summed E-state index contributed by atoms with van der Waals surface area (Å²) in [6.45, 7) is 6.85. The third-order valence-electron chi connectivity index (χ3n) is 6.28. The fourth-order valence-electron chi connectivity index (χ4n) is 4.39. The minimum Gasteiger partial charge on any atom is -0.342 e. The summed E-state index contributed by atoms with van der Waals surface area (Å²) < 4.78 is 1.62. The molecule has 9 heteroatoms. The number of piperazine rings is 1. The number of rotatable bonds is 5. The number of aryl methyl sites for hydroxylation is 1. The summed E-state index contributed by atoms with van der Waals surface area (Å²) >= 11 is 12.8. The Morgan fingerprint density at radius 2 is 1.62 bits per heavy atom. The Labute approximate surface area is 198 Å². The van der Waals surface area contributed by atoms with Gasteiger partial charge in [-0.25, -0.2) is 4.68 Å². The predicted molar refractivity (Wildman–Crippen MR) is 125 cm³/mol. The average Bonchev–Trinajstić information content (AvgIpc) is 3.08. The van der Waals surface area contributed by atoms with Crippen molar-refractivity contribution in [3.63, 3.8) is 0 Å². The van der Waals surface area contributed by atoms with Crippen LogP contribution in [0.25, 0.3) is 0 Å². The van der Waals surface area contributed by atoms with Crippen molar-refractivity contribution in [1.82, 2.24) is 24.5 Å². The number of likely N-dealkylation sites (tertiary alicyclic amines) is 1. The summed E-state index contributed by atoms with van der Waals surface area (Å²) in [5, 5.41) is 5.45. The Morgan fingerprint density at radius 3 is 2.31 bits per heavy atom. The van der Waals surface area contributed by atoms with Crippen LogP contribution in [0.5, 0.6) is 0 Å². The van der Waals surface area contributed by atoms with E-state index in [4.69, 9.17) is 23.2 Å². The third kappa shape index (κ3) is 5.11. The molecule has 7 nitrogen and oxygen atoms in total. The Bertz CT molecular complexity index is 979. The van der Waals surface area contributed by atoms with Crippen molar-refractivity contribution >= 4 is 35.0 Å². The minimum atomic E-state index is -0.111. The van der Waals surface area contributed by atoms with Crippen LogP contribution in [-0.4, -0.2) is 82.1 Å². The summed E-state index contributed by atoms with van der Waals surface area (Å²) in [7, 11) is 0. The number of amides is 2. The first-order chi connectivity index (χ1) is 15.4. The lowest BCUT2D eigenvalue weighted by Crippen LogP contribution is -2.52. The minimum absolute atomic E-state index is 0.111. The molecule has 2 saturated heterocycles. The molecule has 0 unspecified atom stereocenters. The first-order valence-electron chi connectivity index (χ1n) is 11.2. The number of benzene rings is 1. The molecule has 172 valence electrons. The smallest absolute Gasteiger partial charge is 0.258 e. The Kier molecular flexibility index (Phi) is 7.38. The quantitative estimate of drug-likeness (QED) is 0.662. The molecule has 0 bridgehead atoms. The second-order valence-electron chi connectivity index (χ2n) is 8.51. The van der Waals surface area contributed by atoms with Crippen molar-refractivity contribution in [3.8, 4) is 0 Å². The first kappa shape index (κ1) is 23.1. The van der Waals surface area contributed by atoms with Crippen LogP contribution in [0.4, 0.5) is 0 Å². The van der Waals surface area contributed by atoms with Crippen molar-refractivity contribution in [2.24, 2.45) is 0 Å². The van der Waals surface area contributed by atoms with Gasteiger partial charge in [-0.2, -0.15) is 5.10 Å². The van der Waals surface area contributed by atoms with E-state index in [9.17, 15) is 9.59 Å². The van der Waals surface area contributed by atoms with Gasteiger partial charge >= 0.3 is 0 Å². The van der Waals surface area contributed by atoms with Crippen LogP contribution in [0.2, 0.25) is 10.2 Å². The second kappa shape index (κ2) is 10.2. The normalized spacial score (nSPS) is 17.6. The highest BCUT2D eigenvalue weighted by molar-refractivity contribution is 6.33. The number of carbonyl (C=O) groups excluding carboxylic acids is 2. The Balaban J connectivity index is 1.36. The zero-order valence-electron chi connectivity index (χ0n) is 18.4. The molecule has 3 heterocycles. The Hall–Kier alpha value is -2.09. The van der Waals surface area contributed by atoms with Gasteiger partial charge in [0.05, 0.1) is 24.3 Å². The lowest BCUT2D eigenvalue weighted by Gasteiger charge is -2.36. The number of aromatic nitrogens is 2. The largest absolute Gasteiger partial charge is 0.342 e. The molecule has 0 N–H and O–H groups in total. The summed E-state index contributed by atoms with van der Waals surface area (Å²) in [5.74, 6) is 0.0872. The van der Waals surface area contributed by atoms with Gasteiger partial charge in [0.15, 0.2) is 0 Å². The van der Waals surface area contributed by atoms with Crippen LogP contribution in [0.3, 0.4) is 0 Å². The van der Waals surface area contributed by atoms with Gasteiger partial charge in [-0.05, 0) is 37.8 Å². The second-order valence-corrected chi connectivity index (χ2v) is 9.28. The maximum absolute atomic E-state index is 13.2. The summed E-state index contributed by atoms with van der Waals surface area (Å²) in [6.07, 6.45) is 3.40. The topological polar surface area (TPSA) is 61.7 Å². The molecular weight excluding hydrogens is 449 g/mol. The predicted octanol–water partition coefficient (Wildman–Crippen LogP) is 3.32. The maximum atomic E-state index is 13.2. The molecule has 32 heavy (non-hydrogen) atoms. The van der Waals surface area contributed by atoms with E-state index in [-0.39, 0.29) is 11.8 Å². The molecule has 1 aromatic heterocycles. The molecule has 0 saturated carbocycles. The van der Waals surface area contributed by atoms with Crippen LogP contribution in [0.15, 0.2) is 24.3 Å². The fraction of sp³-hybridized carbons (Fsp3) is 0.522. The number of hydrogen-bond donors (Lipinski definition) is 0. The molecule has 0 spiro atoms. The molecule has 2 aromatic rings. The van der Waals surface area contributed by atoms with Gasteiger partial charge in [0, 0.05) is 44.3 Å². The molecule has 2 aliphatic rings. The zero-order valence-corrected chi connectivity index (χ0v) is 19.9. The van der Waals surface area contributed by atoms with Crippen molar-refractivity contribution in [1.29, 1.82) is 0 Å². The lowest BCUT2D eigenvalue weighted by atomic mass is 10.1. The van der Waals surface area contributed by atoms with Gasteiger partial charge in [-0.15, -0.1) is 0 Å². The molecule has 1 aromatic carbocycles. The van der Waals surface area contributed by atoms with Gasteiger partial charge in [-0.3, -0.25) is 14.5 Å². The SMILES string of the molecule is Cc1nn(Cc2ccccc2Cl)c(Cl)c1C(=O)N1CCN(CC(=O)N2CCCCC2)CC1. The monoisotopic (exact) mass is 477 g/mol. The lowest BCUT2D eigenvalue weighted by molar-refractivity contribution is -0.133. The average molecular weight is 478 g/mol. The van der Waals surface area contributed by atoms with E-state index < -0.39 is 0 Å². The van der Waals surface area contributed by atoms with Crippen LogP contribution in [0.1, 0.15) is 40.9 Å². The number of piperidine rings is 1. The standard InChI is InChI=1S/C23H29Cl2N5O2/c1-17-21(22(25)30(26-17)15-18-7-3-4-8-19(18)24)23(32)29-13-11-27(12-14-29)16-20(31)28-9-5-2-6-10-28/h3-4,7-8H,2,5-6,9-16H2,1H3. The summed E-state index contributed by atoms with van der Waals surface area (Å²) in [5.41, 5.74) is 1.94. The van der Waals surface area contributed by atoms with E-state index >= 15 is 0 Å². The number of nitrogens with zero attached hydrogens (tertiary/aromatic N) is 5. The van der Waals surface area contributed by atoms with Crippen molar-refractivity contribution in [2.45, 2.75) is 32.7 Å². The molecule has 4 rings (SSSR count). The van der Waals surface area contributed by atoms with Gasteiger partial charge in [0.2, 0.25) is 5.91 Å². The van der Waals surface area contributed by atoms with E-state index in [1.54, 1.807) is 16.5 Å². The van der Waals surface area contributed by atoms with Gasteiger partial charge < -0.3 is 9.80 Å². The highest BCUT2D eigenvalue weighted by atomic mass is 35.5. The number of carbonyl (C=O) groups is 2. The zero-order chi connectivity index (χ0) is 22.7. The molecule has 2 amide bonds. The van der Waals surface area contributed by atoms with E-state index in [2.05, 4.69) is 10.00 Å². The molecule has 0 atom stereocenters. The van der Waals surface area contributed by atoms with Crippen LogP contribution in [-0.2, 0) is 11.3 Å². The molecule has 2 aliphatic heterocycles. The number of halogens is 2.